The summed E-state index contributed by atoms with van der Waals surface area (Å²) in [6.45, 7) is 0. The van der Waals surface area contributed by atoms with Crippen molar-refractivity contribution in [3.05, 3.63) is 18.1 Å². The van der Waals surface area contributed by atoms with Gasteiger partial charge in [-0.3, -0.25) is 5.10 Å². The molecule has 10 heteroatoms. The van der Waals surface area contributed by atoms with Gasteiger partial charge in [-0.05, 0) is 11.8 Å². The molecular formula is C7H5F3N6S. The molecule has 90 valence electrons. The van der Waals surface area contributed by atoms with Gasteiger partial charge in [-0.15, -0.1) is 0 Å². The molecule has 3 N–H and O–H groups in total. The molecule has 0 unspecified atom stereocenters. The zero-order valence-corrected chi connectivity index (χ0v) is 8.88. The number of H-pyrrole nitrogens is 1. The second-order valence-corrected chi connectivity index (χ2v) is 3.85. The summed E-state index contributed by atoms with van der Waals surface area (Å²) in [5.41, 5.74) is 4.11. The highest BCUT2D eigenvalue weighted by molar-refractivity contribution is 7.99. The normalized spacial score (nSPS) is 11.7. The molecule has 0 saturated carbocycles. The molecule has 0 aliphatic rings. The third-order valence-corrected chi connectivity index (χ3v) is 2.41. The first-order valence-electron chi connectivity index (χ1n) is 4.20. The molecule has 2 heterocycles. The number of nitrogen functional groups attached to an aromatic ring is 1. The summed E-state index contributed by atoms with van der Waals surface area (Å²) < 4.78 is 37.3. The molecule has 0 fully saturated rings. The van der Waals surface area contributed by atoms with Crippen LogP contribution >= 0.6 is 11.8 Å². The maximum atomic E-state index is 12.4. The molecule has 2 aromatic rings. The van der Waals surface area contributed by atoms with Gasteiger partial charge in [-0.25, -0.2) is 15.0 Å². The number of nitrogens with two attached hydrogens (primary N) is 1. The van der Waals surface area contributed by atoms with E-state index in [4.69, 9.17) is 5.73 Å². The van der Waals surface area contributed by atoms with Crippen LogP contribution in [0, 0.1) is 0 Å². The average Bonchev–Trinajstić information content (AvgIpc) is 2.68. The van der Waals surface area contributed by atoms with E-state index in [1.807, 2.05) is 0 Å². The Morgan fingerprint density at radius 3 is 2.65 bits per heavy atom. The highest BCUT2D eigenvalue weighted by atomic mass is 32.2. The van der Waals surface area contributed by atoms with Gasteiger partial charge >= 0.3 is 6.18 Å². The van der Waals surface area contributed by atoms with Crippen molar-refractivity contribution in [1.82, 2.24) is 25.1 Å². The summed E-state index contributed by atoms with van der Waals surface area (Å²) in [5.74, 6) is -0.443. The predicted octanol–water partition coefficient (Wildman–Crippen LogP) is 1.35. The Hall–Kier alpha value is -1.84. The van der Waals surface area contributed by atoms with Crippen molar-refractivity contribution in [1.29, 1.82) is 0 Å². The standard InChI is InChI=1S/C7H5F3N6S/c8-7(9,10)3-1-4(15-5(11)14-3)17-6-12-2-13-16-6/h1-2H,(H2,11,14,15)(H,12,13,16). The number of aromatic amines is 1. The van der Waals surface area contributed by atoms with Crippen molar-refractivity contribution in [3.63, 3.8) is 0 Å². The van der Waals surface area contributed by atoms with E-state index in [-0.39, 0.29) is 5.03 Å². The topological polar surface area (TPSA) is 93.4 Å². The number of hydrogen-bond acceptors (Lipinski definition) is 6. The Bertz CT molecular complexity index is 511. The molecule has 0 spiro atoms. The fourth-order valence-corrected chi connectivity index (χ4v) is 1.69. The molecule has 0 aliphatic carbocycles. The van der Waals surface area contributed by atoms with Gasteiger partial charge in [-0.2, -0.15) is 18.3 Å². The van der Waals surface area contributed by atoms with E-state index in [1.54, 1.807) is 0 Å². The van der Waals surface area contributed by atoms with E-state index in [0.717, 1.165) is 17.8 Å². The van der Waals surface area contributed by atoms with Gasteiger partial charge in [0.2, 0.25) is 5.95 Å². The van der Waals surface area contributed by atoms with Gasteiger partial charge in [0.25, 0.3) is 0 Å². The van der Waals surface area contributed by atoms with E-state index in [9.17, 15) is 13.2 Å². The van der Waals surface area contributed by atoms with Crippen LogP contribution in [-0.4, -0.2) is 25.1 Å². The zero-order chi connectivity index (χ0) is 12.5. The van der Waals surface area contributed by atoms with Crippen molar-refractivity contribution >= 4 is 17.7 Å². The van der Waals surface area contributed by atoms with Gasteiger partial charge in [0.15, 0.2) is 10.9 Å². The van der Waals surface area contributed by atoms with Gasteiger partial charge in [-0.1, -0.05) is 0 Å². The van der Waals surface area contributed by atoms with Crippen LogP contribution in [0.5, 0.6) is 0 Å². The highest BCUT2D eigenvalue weighted by Crippen LogP contribution is 2.31. The number of halogens is 3. The molecule has 6 nitrogen and oxygen atoms in total. The summed E-state index contributed by atoms with van der Waals surface area (Å²) in [6, 6.07) is 0.795. The molecule has 2 rings (SSSR count). The molecular weight excluding hydrogens is 257 g/mol. The lowest BCUT2D eigenvalue weighted by Crippen LogP contribution is -2.11. The minimum absolute atomic E-state index is 0.0431. The Morgan fingerprint density at radius 1 is 1.29 bits per heavy atom. The number of anilines is 1. The van der Waals surface area contributed by atoms with Crippen molar-refractivity contribution in [2.24, 2.45) is 0 Å². The Labute approximate surface area is 96.9 Å². The van der Waals surface area contributed by atoms with Crippen LogP contribution in [-0.2, 0) is 6.18 Å². The first-order valence-corrected chi connectivity index (χ1v) is 5.02. The maximum Gasteiger partial charge on any atom is 0.433 e. The third-order valence-electron chi connectivity index (χ3n) is 1.60. The van der Waals surface area contributed by atoms with E-state index < -0.39 is 17.8 Å². The van der Waals surface area contributed by atoms with Crippen LogP contribution in [0.4, 0.5) is 19.1 Å². The van der Waals surface area contributed by atoms with E-state index >= 15 is 0 Å². The fraction of sp³-hybridized carbons (Fsp3) is 0.143. The van der Waals surface area contributed by atoms with Crippen LogP contribution < -0.4 is 5.73 Å². The van der Waals surface area contributed by atoms with Crippen molar-refractivity contribution in [2.45, 2.75) is 16.4 Å². The number of nitrogens with zero attached hydrogens (tertiary/aromatic N) is 4. The van der Waals surface area contributed by atoms with Gasteiger partial charge < -0.3 is 5.73 Å². The molecule has 0 aromatic carbocycles. The molecule has 0 atom stereocenters. The van der Waals surface area contributed by atoms with Crippen molar-refractivity contribution in [2.75, 3.05) is 5.73 Å². The van der Waals surface area contributed by atoms with E-state index in [0.29, 0.717) is 5.16 Å². The minimum Gasteiger partial charge on any atom is -0.368 e. The van der Waals surface area contributed by atoms with Crippen LogP contribution in [0.25, 0.3) is 0 Å². The number of nitrogens with one attached hydrogen (secondary N) is 1. The molecule has 17 heavy (non-hydrogen) atoms. The maximum absolute atomic E-state index is 12.4. The SMILES string of the molecule is Nc1nc(Sc2ncn[nH]2)cc(C(F)(F)F)n1. The first kappa shape index (κ1) is 11.6. The molecule has 2 aromatic heterocycles. The second kappa shape index (κ2) is 4.20. The smallest absolute Gasteiger partial charge is 0.368 e. The summed E-state index contributed by atoms with van der Waals surface area (Å²) in [7, 11) is 0. The summed E-state index contributed by atoms with van der Waals surface area (Å²) in [4.78, 5) is 10.5. The largest absolute Gasteiger partial charge is 0.433 e. The zero-order valence-electron chi connectivity index (χ0n) is 8.06. The summed E-state index contributed by atoms with van der Waals surface area (Å²) >= 11 is 0.878. The Morgan fingerprint density at radius 2 is 2.06 bits per heavy atom. The Balaban J connectivity index is 2.32. The van der Waals surface area contributed by atoms with Gasteiger partial charge in [0.1, 0.15) is 11.4 Å². The number of hydrogen-bond donors (Lipinski definition) is 2. The molecule has 0 aliphatic heterocycles. The quantitative estimate of drug-likeness (QED) is 0.793. The van der Waals surface area contributed by atoms with Crippen LogP contribution in [0.15, 0.2) is 22.6 Å². The van der Waals surface area contributed by atoms with Crippen LogP contribution in [0.2, 0.25) is 0 Å². The molecule has 0 bridgehead atoms. The fourth-order valence-electron chi connectivity index (χ4n) is 0.983. The van der Waals surface area contributed by atoms with Crippen LogP contribution in [0.3, 0.4) is 0 Å². The highest BCUT2D eigenvalue weighted by Gasteiger charge is 2.33. The lowest BCUT2D eigenvalue weighted by molar-refractivity contribution is -0.141. The number of rotatable bonds is 2. The Kier molecular flexibility index (Phi) is 2.88. The molecule has 0 saturated heterocycles. The predicted molar refractivity (Wildman–Crippen MR) is 52.0 cm³/mol. The van der Waals surface area contributed by atoms with E-state index in [2.05, 4.69) is 25.1 Å². The van der Waals surface area contributed by atoms with Crippen molar-refractivity contribution < 1.29 is 13.2 Å². The van der Waals surface area contributed by atoms with Gasteiger partial charge in [0, 0.05) is 6.07 Å². The van der Waals surface area contributed by atoms with Crippen molar-refractivity contribution in [3.8, 4) is 0 Å². The number of alkyl halides is 3. The average molecular weight is 262 g/mol. The molecule has 0 radical (unpaired) electrons. The van der Waals surface area contributed by atoms with Crippen LogP contribution in [0.1, 0.15) is 5.69 Å². The summed E-state index contributed by atoms with van der Waals surface area (Å²) in [5, 5.41) is 6.40. The molecule has 0 amide bonds. The number of aromatic nitrogens is 5. The third kappa shape index (κ3) is 2.84. The van der Waals surface area contributed by atoms with E-state index in [1.165, 1.54) is 6.33 Å². The monoisotopic (exact) mass is 262 g/mol. The first-order chi connectivity index (χ1) is 7.95. The lowest BCUT2D eigenvalue weighted by Gasteiger charge is -2.07. The summed E-state index contributed by atoms with van der Waals surface area (Å²) in [6.07, 6.45) is -3.33. The second-order valence-electron chi connectivity index (χ2n) is 2.84. The van der Waals surface area contributed by atoms with Gasteiger partial charge in [0.05, 0.1) is 0 Å². The minimum atomic E-state index is -4.56. The lowest BCUT2D eigenvalue weighted by atomic mass is 10.4.